The minimum atomic E-state index is -3.54. The van der Waals surface area contributed by atoms with E-state index in [1.165, 1.54) is 16.8 Å². The van der Waals surface area contributed by atoms with Gasteiger partial charge in [-0.3, -0.25) is 0 Å². The zero-order chi connectivity index (χ0) is 12.5. The lowest BCUT2D eigenvalue weighted by Gasteiger charge is -2.24. The summed E-state index contributed by atoms with van der Waals surface area (Å²) in [6.07, 6.45) is 6.15. The van der Waals surface area contributed by atoms with Crippen LogP contribution in [0.4, 0.5) is 0 Å². The van der Waals surface area contributed by atoms with Crippen molar-refractivity contribution < 1.29 is 8.42 Å². The molecule has 2 heterocycles. The fourth-order valence-electron chi connectivity index (χ4n) is 2.05. The summed E-state index contributed by atoms with van der Waals surface area (Å²) in [5.74, 6) is 0. The van der Waals surface area contributed by atoms with Crippen LogP contribution in [0.3, 0.4) is 0 Å². The van der Waals surface area contributed by atoms with Crippen LogP contribution in [0.15, 0.2) is 17.6 Å². The molecule has 0 aromatic carbocycles. The number of hydrogen-bond donors (Lipinski definition) is 1. The Bertz CT molecular complexity index is 482. The summed E-state index contributed by atoms with van der Waals surface area (Å²) in [7, 11) is -1.79. The number of rotatable bonds is 2. The van der Waals surface area contributed by atoms with Gasteiger partial charge in [0.15, 0.2) is 5.03 Å². The first-order chi connectivity index (χ1) is 8.01. The molecule has 0 saturated carbocycles. The van der Waals surface area contributed by atoms with Gasteiger partial charge in [0.25, 0.3) is 10.0 Å². The number of nitrogens with zero attached hydrogens (tertiary/aromatic N) is 3. The molecule has 1 unspecified atom stereocenters. The summed E-state index contributed by atoms with van der Waals surface area (Å²) in [4.78, 5) is 3.91. The topological polar surface area (TPSA) is 81.2 Å². The largest absolute Gasteiger partial charge is 0.339 e. The second-order valence-corrected chi connectivity index (χ2v) is 6.25. The van der Waals surface area contributed by atoms with Gasteiger partial charge < -0.3 is 10.3 Å². The molecular formula is C10H18N4O2S. The quantitative estimate of drug-likeness (QED) is 0.825. The van der Waals surface area contributed by atoms with Crippen molar-refractivity contribution in [2.24, 2.45) is 12.8 Å². The second-order valence-electron chi connectivity index (χ2n) is 4.41. The Morgan fingerprint density at radius 2 is 2.18 bits per heavy atom. The lowest BCUT2D eigenvalue weighted by Crippen LogP contribution is -2.45. The third-order valence-corrected chi connectivity index (χ3v) is 4.81. The van der Waals surface area contributed by atoms with Crippen molar-refractivity contribution in [2.45, 2.75) is 36.9 Å². The van der Waals surface area contributed by atoms with Crippen LogP contribution in [-0.4, -0.2) is 35.0 Å². The van der Waals surface area contributed by atoms with E-state index in [0.29, 0.717) is 13.0 Å². The molecule has 0 amide bonds. The monoisotopic (exact) mass is 258 g/mol. The average Bonchev–Trinajstić information content (AvgIpc) is 2.58. The highest BCUT2D eigenvalue weighted by molar-refractivity contribution is 7.89. The van der Waals surface area contributed by atoms with Crippen molar-refractivity contribution in [1.82, 2.24) is 13.9 Å². The molecule has 0 radical (unpaired) electrons. The molecular weight excluding hydrogens is 240 g/mol. The van der Waals surface area contributed by atoms with Gasteiger partial charge in [-0.05, 0) is 12.8 Å². The molecule has 1 fully saturated rings. The summed E-state index contributed by atoms with van der Waals surface area (Å²) < 4.78 is 27.7. The smallest absolute Gasteiger partial charge is 0.263 e. The SMILES string of the molecule is Cn1cnc(S(=O)(=O)N2CCCCCC2N)c1. The lowest BCUT2D eigenvalue weighted by molar-refractivity contribution is 0.328. The third kappa shape index (κ3) is 2.51. The van der Waals surface area contributed by atoms with Gasteiger partial charge in [0.1, 0.15) is 0 Å². The van der Waals surface area contributed by atoms with Gasteiger partial charge in [-0.2, -0.15) is 4.31 Å². The zero-order valence-corrected chi connectivity index (χ0v) is 10.7. The van der Waals surface area contributed by atoms with Crippen molar-refractivity contribution in [1.29, 1.82) is 0 Å². The van der Waals surface area contributed by atoms with Crippen molar-refractivity contribution >= 4 is 10.0 Å². The van der Waals surface area contributed by atoms with E-state index in [0.717, 1.165) is 19.3 Å². The lowest BCUT2D eigenvalue weighted by atomic mass is 10.2. The van der Waals surface area contributed by atoms with Gasteiger partial charge in [-0.15, -0.1) is 0 Å². The van der Waals surface area contributed by atoms with Crippen LogP contribution in [-0.2, 0) is 17.1 Å². The molecule has 0 spiro atoms. The van der Waals surface area contributed by atoms with Crippen LogP contribution in [0.5, 0.6) is 0 Å². The van der Waals surface area contributed by atoms with E-state index in [1.807, 2.05) is 0 Å². The second kappa shape index (κ2) is 4.75. The fraction of sp³-hybridized carbons (Fsp3) is 0.700. The predicted molar refractivity (Wildman–Crippen MR) is 63.5 cm³/mol. The Morgan fingerprint density at radius 1 is 1.41 bits per heavy atom. The van der Waals surface area contributed by atoms with Crippen molar-refractivity contribution in [3.8, 4) is 0 Å². The van der Waals surface area contributed by atoms with Gasteiger partial charge >= 0.3 is 0 Å². The van der Waals surface area contributed by atoms with Gasteiger partial charge in [-0.25, -0.2) is 13.4 Å². The first-order valence-corrected chi connectivity index (χ1v) is 7.21. The number of aromatic nitrogens is 2. The summed E-state index contributed by atoms with van der Waals surface area (Å²) >= 11 is 0. The molecule has 96 valence electrons. The highest BCUT2D eigenvalue weighted by Crippen LogP contribution is 2.21. The van der Waals surface area contributed by atoms with Crippen LogP contribution in [0, 0.1) is 0 Å². The van der Waals surface area contributed by atoms with Crippen LogP contribution in [0.25, 0.3) is 0 Å². The highest BCUT2D eigenvalue weighted by atomic mass is 32.2. The van der Waals surface area contributed by atoms with Crippen LogP contribution < -0.4 is 5.73 Å². The minimum absolute atomic E-state index is 0.0809. The maximum atomic E-state index is 12.3. The first kappa shape index (κ1) is 12.5. The molecule has 1 aliphatic rings. The molecule has 17 heavy (non-hydrogen) atoms. The molecule has 0 aliphatic carbocycles. The van der Waals surface area contributed by atoms with Crippen molar-refractivity contribution in [2.75, 3.05) is 6.54 Å². The maximum absolute atomic E-state index is 12.3. The van der Waals surface area contributed by atoms with Crippen LogP contribution >= 0.6 is 0 Å². The molecule has 1 atom stereocenters. The van der Waals surface area contributed by atoms with E-state index in [9.17, 15) is 8.42 Å². The molecule has 1 saturated heterocycles. The Balaban J connectivity index is 2.30. The summed E-state index contributed by atoms with van der Waals surface area (Å²) in [6, 6.07) is 0. The normalized spacial score (nSPS) is 23.5. The molecule has 1 aliphatic heterocycles. The average molecular weight is 258 g/mol. The molecule has 2 rings (SSSR count). The number of hydrogen-bond acceptors (Lipinski definition) is 4. The van der Waals surface area contributed by atoms with E-state index in [1.54, 1.807) is 11.6 Å². The minimum Gasteiger partial charge on any atom is -0.339 e. The Morgan fingerprint density at radius 3 is 2.82 bits per heavy atom. The van der Waals surface area contributed by atoms with Crippen molar-refractivity contribution in [3.63, 3.8) is 0 Å². The number of aryl methyl sites for hydroxylation is 1. The Labute approximate surface area is 101 Å². The molecule has 6 nitrogen and oxygen atoms in total. The molecule has 1 aromatic rings. The number of nitrogens with two attached hydrogens (primary N) is 1. The van der Waals surface area contributed by atoms with Gasteiger partial charge in [-0.1, -0.05) is 12.8 Å². The van der Waals surface area contributed by atoms with E-state index in [4.69, 9.17) is 5.73 Å². The van der Waals surface area contributed by atoms with Crippen LogP contribution in [0.2, 0.25) is 0 Å². The Hall–Kier alpha value is -0.920. The number of imidazole rings is 1. The van der Waals surface area contributed by atoms with E-state index in [-0.39, 0.29) is 5.03 Å². The number of sulfonamides is 1. The summed E-state index contributed by atoms with van der Waals surface area (Å²) in [5.41, 5.74) is 5.92. The fourth-order valence-corrected chi connectivity index (χ4v) is 3.60. The third-order valence-electron chi connectivity index (χ3n) is 3.00. The molecule has 7 heteroatoms. The zero-order valence-electron chi connectivity index (χ0n) is 9.91. The van der Waals surface area contributed by atoms with Gasteiger partial charge in [0.05, 0.1) is 12.5 Å². The molecule has 0 bridgehead atoms. The van der Waals surface area contributed by atoms with E-state index < -0.39 is 16.2 Å². The van der Waals surface area contributed by atoms with Gasteiger partial charge in [0.2, 0.25) is 0 Å². The maximum Gasteiger partial charge on any atom is 0.263 e. The predicted octanol–water partition coefficient (Wildman–Crippen LogP) is 0.270. The molecule has 2 N–H and O–H groups in total. The van der Waals surface area contributed by atoms with Gasteiger partial charge in [0, 0.05) is 19.8 Å². The standard InChI is InChI=1S/C10H18N4O2S/c1-13-7-10(12-8-13)17(15,16)14-6-4-2-3-5-9(14)11/h7-9H,2-6,11H2,1H3. The highest BCUT2D eigenvalue weighted by Gasteiger charge is 2.31. The summed E-state index contributed by atoms with van der Waals surface area (Å²) in [6.45, 7) is 0.486. The van der Waals surface area contributed by atoms with Crippen LogP contribution in [0.1, 0.15) is 25.7 Å². The van der Waals surface area contributed by atoms with E-state index >= 15 is 0 Å². The Kier molecular flexibility index (Phi) is 3.50. The van der Waals surface area contributed by atoms with E-state index in [2.05, 4.69) is 4.98 Å². The van der Waals surface area contributed by atoms with Crippen molar-refractivity contribution in [3.05, 3.63) is 12.5 Å². The molecule has 1 aromatic heterocycles. The summed E-state index contributed by atoms with van der Waals surface area (Å²) in [5, 5.41) is 0.0809. The first-order valence-electron chi connectivity index (χ1n) is 5.77.